The van der Waals surface area contributed by atoms with Crippen molar-refractivity contribution in [1.29, 1.82) is 0 Å². The first kappa shape index (κ1) is 16.6. The van der Waals surface area contributed by atoms with Crippen LogP contribution >= 0.6 is 0 Å². The topological polar surface area (TPSA) is 38.2 Å². The van der Waals surface area contributed by atoms with Gasteiger partial charge in [-0.05, 0) is 67.9 Å². The Hall–Kier alpha value is -1.80. The summed E-state index contributed by atoms with van der Waals surface area (Å²) in [7, 11) is 0. The summed E-state index contributed by atoms with van der Waals surface area (Å²) in [5.41, 5.74) is 5.90. The van der Waals surface area contributed by atoms with Crippen molar-refractivity contribution in [1.82, 2.24) is 6.15 Å². The van der Waals surface area contributed by atoms with Gasteiger partial charge in [-0.2, -0.15) is 0 Å². The van der Waals surface area contributed by atoms with E-state index in [2.05, 4.69) is 60.4 Å². The molecular formula is C20H28N2. The zero-order valence-electron chi connectivity index (χ0n) is 13.7. The molecule has 1 aliphatic heterocycles. The van der Waals surface area contributed by atoms with Crippen molar-refractivity contribution >= 4 is 5.69 Å². The molecule has 0 saturated carbocycles. The second-order valence-electron chi connectivity index (χ2n) is 6.14. The SMILES string of the molecule is Cc1ccc2cc1CC2.N.c1ccc(N2CCCCC2)cc1. The molecule has 1 fully saturated rings. The first-order valence-electron chi connectivity index (χ1n) is 8.21. The lowest BCUT2D eigenvalue weighted by Gasteiger charge is -2.28. The van der Waals surface area contributed by atoms with Crippen LogP contribution in [0.5, 0.6) is 0 Å². The summed E-state index contributed by atoms with van der Waals surface area (Å²) in [6, 6.07) is 17.5. The minimum atomic E-state index is 0. The van der Waals surface area contributed by atoms with E-state index in [0.717, 1.165) is 0 Å². The van der Waals surface area contributed by atoms with Crippen LogP contribution < -0.4 is 11.1 Å². The molecule has 2 aromatic rings. The highest BCUT2D eigenvalue weighted by Crippen LogP contribution is 2.20. The molecular weight excluding hydrogens is 268 g/mol. The Morgan fingerprint density at radius 1 is 0.818 bits per heavy atom. The quantitative estimate of drug-likeness (QED) is 0.810. The highest BCUT2D eigenvalue weighted by molar-refractivity contribution is 5.46. The zero-order valence-corrected chi connectivity index (χ0v) is 13.7. The van der Waals surface area contributed by atoms with E-state index in [4.69, 9.17) is 0 Å². The molecule has 22 heavy (non-hydrogen) atoms. The summed E-state index contributed by atoms with van der Waals surface area (Å²) in [6.07, 6.45) is 6.66. The number of nitrogens with zero attached hydrogens (tertiary/aromatic N) is 1. The molecule has 2 heteroatoms. The maximum Gasteiger partial charge on any atom is 0.0366 e. The molecule has 1 heterocycles. The maximum atomic E-state index is 2.48. The fourth-order valence-electron chi connectivity index (χ4n) is 3.22. The van der Waals surface area contributed by atoms with E-state index in [0.29, 0.717) is 0 Å². The lowest BCUT2D eigenvalue weighted by Crippen LogP contribution is -2.29. The van der Waals surface area contributed by atoms with Crippen LogP contribution in [-0.2, 0) is 12.8 Å². The van der Waals surface area contributed by atoms with E-state index >= 15 is 0 Å². The lowest BCUT2D eigenvalue weighted by molar-refractivity contribution is 0.578. The van der Waals surface area contributed by atoms with Crippen LogP contribution in [0.2, 0.25) is 0 Å². The number of piperidine rings is 1. The number of rotatable bonds is 1. The van der Waals surface area contributed by atoms with Gasteiger partial charge in [-0.1, -0.05) is 36.4 Å². The molecule has 1 saturated heterocycles. The van der Waals surface area contributed by atoms with Crippen molar-refractivity contribution < 1.29 is 0 Å². The van der Waals surface area contributed by atoms with Crippen LogP contribution in [0.4, 0.5) is 5.69 Å². The summed E-state index contributed by atoms with van der Waals surface area (Å²) in [5, 5.41) is 0. The third kappa shape index (κ3) is 4.11. The Morgan fingerprint density at radius 3 is 2.23 bits per heavy atom. The standard InChI is InChI=1S/C11H15N.C9H10.H3N/c1-3-7-11(8-4-1)12-9-5-2-6-10-12;1-7-2-3-8-4-5-9(7)6-8;/h1,3-4,7-8H,2,5-6,9-10H2;2-3,6H,4-5H2,1H3;1H3. The van der Waals surface area contributed by atoms with Crippen LogP contribution in [0.1, 0.15) is 36.0 Å². The molecule has 2 bridgehead atoms. The van der Waals surface area contributed by atoms with Crippen LogP contribution in [0.3, 0.4) is 0 Å². The third-order valence-corrected chi connectivity index (χ3v) is 4.57. The number of benzene rings is 2. The zero-order chi connectivity index (χ0) is 14.5. The van der Waals surface area contributed by atoms with Gasteiger partial charge in [0, 0.05) is 18.8 Å². The molecule has 0 amide bonds. The average Bonchev–Trinajstić information content (AvgIpc) is 2.97. The summed E-state index contributed by atoms with van der Waals surface area (Å²) >= 11 is 0. The number of hydrogen-bond acceptors (Lipinski definition) is 2. The number of fused-ring (bicyclic) bond motifs is 2. The van der Waals surface area contributed by atoms with Crippen LogP contribution in [-0.4, -0.2) is 13.1 Å². The van der Waals surface area contributed by atoms with E-state index in [1.165, 1.54) is 62.0 Å². The molecule has 118 valence electrons. The molecule has 1 aliphatic carbocycles. The molecule has 2 nitrogen and oxygen atoms in total. The van der Waals surface area contributed by atoms with Gasteiger partial charge in [0.25, 0.3) is 0 Å². The van der Waals surface area contributed by atoms with Crippen LogP contribution in [0, 0.1) is 6.92 Å². The first-order valence-corrected chi connectivity index (χ1v) is 8.21. The van der Waals surface area contributed by atoms with Gasteiger partial charge in [-0.15, -0.1) is 0 Å². The van der Waals surface area contributed by atoms with Crippen LogP contribution in [0.15, 0.2) is 48.5 Å². The van der Waals surface area contributed by atoms with Crippen molar-refractivity contribution in [2.75, 3.05) is 18.0 Å². The van der Waals surface area contributed by atoms with Gasteiger partial charge in [0.15, 0.2) is 0 Å². The van der Waals surface area contributed by atoms with Crippen molar-refractivity contribution in [3.05, 3.63) is 65.2 Å². The largest absolute Gasteiger partial charge is 0.372 e. The molecule has 0 spiro atoms. The first-order chi connectivity index (χ1) is 10.3. The van der Waals surface area contributed by atoms with E-state index in [9.17, 15) is 0 Å². The van der Waals surface area contributed by atoms with Gasteiger partial charge in [0.05, 0.1) is 0 Å². The second kappa shape index (κ2) is 8.00. The second-order valence-corrected chi connectivity index (χ2v) is 6.14. The summed E-state index contributed by atoms with van der Waals surface area (Å²) < 4.78 is 0. The molecule has 3 N–H and O–H groups in total. The molecule has 0 atom stereocenters. The minimum Gasteiger partial charge on any atom is -0.372 e. The van der Waals surface area contributed by atoms with Crippen LogP contribution in [0.25, 0.3) is 0 Å². The van der Waals surface area contributed by atoms with E-state index in [-0.39, 0.29) is 6.15 Å². The maximum absolute atomic E-state index is 2.48. The fraction of sp³-hybridized carbons (Fsp3) is 0.400. The number of anilines is 1. The Morgan fingerprint density at radius 2 is 1.55 bits per heavy atom. The smallest absolute Gasteiger partial charge is 0.0366 e. The van der Waals surface area contributed by atoms with Gasteiger partial charge in [-0.3, -0.25) is 0 Å². The highest BCUT2D eigenvalue weighted by atomic mass is 15.1. The van der Waals surface area contributed by atoms with Gasteiger partial charge in [0.1, 0.15) is 0 Å². The van der Waals surface area contributed by atoms with Crippen molar-refractivity contribution in [3.8, 4) is 0 Å². The summed E-state index contributed by atoms with van der Waals surface area (Å²) in [5.74, 6) is 0. The summed E-state index contributed by atoms with van der Waals surface area (Å²) in [4.78, 5) is 2.48. The van der Waals surface area contributed by atoms with E-state index < -0.39 is 0 Å². The molecule has 4 rings (SSSR count). The van der Waals surface area contributed by atoms with Crippen molar-refractivity contribution in [2.24, 2.45) is 0 Å². The van der Waals surface area contributed by atoms with Gasteiger partial charge < -0.3 is 11.1 Å². The van der Waals surface area contributed by atoms with Gasteiger partial charge in [-0.25, -0.2) is 0 Å². The number of para-hydroxylation sites is 1. The van der Waals surface area contributed by atoms with Gasteiger partial charge >= 0.3 is 0 Å². The van der Waals surface area contributed by atoms with Crippen molar-refractivity contribution in [3.63, 3.8) is 0 Å². The van der Waals surface area contributed by atoms with Crippen molar-refractivity contribution in [2.45, 2.75) is 39.0 Å². The predicted molar refractivity (Wildman–Crippen MR) is 96.1 cm³/mol. The average molecular weight is 296 g/mol. The number of hydrogen-bond donors (Lipinski definition) is 1. The monoisotopic (exact) mass is 296 g/mol. The fourth-order valence-corrected chi connectivity index (χ4v) is 3.22. The Balaban J connectivity index is 0.000000159. The predicted octanol–water partition coefficient (Wildman–Crippen LogP) is 4.93. The molecule has 0 radical (unpaired) electrons. The Bertz CT molecular complexity index is 572. The Kier molecular flexibility index (Phi) is 6.02. The molecule has 2 aliphatic rings. The molecule has 2 aromatic carbocycles. The van der Waals surface area contributed by atoms with Gasteiger partial charge in [0.2, 0.25) is 0 Å². The summed E-state index contributed by atoms with van der Waals surface area (Å²) in [6.45, 7) is 4.67. The lowest BCUT2D eigenvalue weighted by atomic mass is 10.1. The molecule has 0 aromatic heterocycles. The van der Waals surface area contributed by atoms with E-state index in [1.54, 1.807) is 5.56 Å². The van der Waals surface area contributed by atoms with E-state index in [1.807, 2.05) is 0 Å². The highest BCUT2D eigenvalue weighted by Gasteiger charge is 2.09. The minimum absolute atomic E-state index is 0. The molecule has 0 unspecified atom stereocenters. The normalized spacial score (nSPS) is 15.6. The number of aryl methyl sites for hydroxylation is 3. The Labute approximate surface area is 134 Å². The third-order valence-electron chi connectivity index (χ3n) is 4.57.